The fourth-order valence-corrected chi connectivity index (χ4v) is 1.32. The average molecular weight is 196 g/mol. The predicted molar refractivity (Wildman–Crippen MR) is 76.1 cm³/mol. The summed E-state index contributed by atoms with van der Waals surface area (Å²) in [6.45, 7) is 0. The summed E-state index contributed by atoms with van der Waals surface area (Å²) in [6, 6.07) is 20.6. The van der Waals surface area contributed by atoms with Crippen LogP contribution >= 0.6 is 0 Å². The SMILES string of the molecule is C(=C\c1ccccc1)/c1ccccc1.[LiH].[LiH]. The van der Waals surface area contributed by atoms with Gasteiger partial charge in [-0.25, -0.2) is 0 Å². The molecule has 0 aromatic heterocycles. The van der Waals surface area contributed by atoms with E-state index < -0.39 is 0 Å². The first-order chi connectivity index (χ1) is 6.95. The van der Waals surface area contributed by atoms with Gasteiger partial charge in [0.05, 0.1) is 0 Å². The second-order valence-corrected chi connectivity index (χ2v) is 3.15. The molecule has 2 heteroatoms. The summed E-state index contributed by atoms with van der Waals surface area (Å²) >= 11 is 0. The van der Waals surface area contributed by atoms with E-state index >= 15 is 0 Å². The summed E-state index contributed by atoms with van der Waals surface area (Å²) in [7, 11) is 0. The Morgan fingerprint density at radius 3 is 1.12 bits per heavy atom. The van der Waals surface area contributed by atoms with Gasteiger partial charge in [-0.15, -0.1) is 0 Å². The normalized spacial score (nSPS) is 9.25. The van der Waals surface area contributed by atoms with Crippen molar-refractivity contribution in [2.75, 3.05) is 0 Å². The quantitative estimate of drug-likeness (QED) is 0.511. The molecule has 16 heavy (non-hydrogen) atoms. The fourth-order valence-electron chi connectivity index (χ4n) is 1.32. The predicted octanol–water partition coefficient (Wildman–Crippen LogP) is 2.56. The Kier molecular flexibility index (Phi) is 8.19. The van der Waals surface area contributed by atoms with Gasteiger partial charge in [0, 0.05) is 0 Å². The third kappa shape index (κ3) is 4.93. The third-order valence-electron chi connectivity index (χ3n) is 2.07. The van der Waals surface area contributed by atoms with Gasteiger partial charge in [0.15, 0.2) is 0 Å². The topological polar surface area (TPSA) is 0 Å². The molecule has 0 atom stereocenters. The molecule has 0 saturated heterocycles. The van der Waals surface area contributed by atoms with Gasteiger partial charge >= 0.3 is 37.7 Å². The van der Waals surface area contributed by atoms with E-state index in [0.29, 0.717) is 0 Å². The Bertz CT molecular complexity index is 366. The number of rotatable bonds is 2. The van der Waals surface area contributed by atoms with Crippen LogP contribution in [0.2, 0.25) is 0 Å². The molecule has 2 aromatic carbocycles. The summed E-state index contributed by atoms with van der Waals surface area (Å²) in [5.74, 6) is 0. The minimum absolute atomic E-state index is 0. The summed E-state index contributed by atoms with van der Waals surface area (Å²) in [5.41, 5.74) is 2.47. The van der Waals surface area contributed by atoms with Gasteiger partial charge in [0.25, 0.3) is 0 Å². The van der Waals surface area contributed by atoms with Crippen LogP contribution in [0, 0.1) is 0 Å². The standard InChI is InChI=1S/C14H12.2Li.2H/c1-3-7-13(8-4-1)11-12-14-9-5-2-6-10-14;;;;/h1-12H;;;;/b12-11+;;;;. The van der Waals surface area contributed by atoms with E-state index in [1.54, 1.807) is 0 Å². The molecule has 2 rings (SSSR count). The van der Waals surface area contributed by atoms with E-state index in [1.165, 1.54) is 11.1 Å². The third-order valence-corrected chi connectivity index (χ3v) is 2.07. The summed E-state index contributed by atoms with van der Waals surface area (Å²) in [5, 5.41) is 0. The molecule has 0 amide bonds. The van der Waals surface area contributed by atoms with Crippen LogP contribution in [0.3, 0.4) is 0 Å². The van der Waals surface area contributed by atoms with E-state index in [4.69, 9.17) is 0 Å². The van der Waals surface area contributed by atoms with Gasteiger partial charge in [-0.2, -0.15) is 0 Å². The minimum atomic E-state index is 0. The fraction of sp³-hybridized carbons (Fsp3) is 0. The van der Waals surface area contributed by atoms with Crippen molar-refractivity contribution >= 4 is 49.9 Å². The van der Waals surface area contributed by atoms with Crippen molar-refractivity contribution in [3.63, 3.8) is 0 Å². The molecular formula is C14H14Li2. The number of hydrogen-bond donors (Lipinski definition) is 0. The van der Waals surface area contributed by atoms with Crippen LogP contribution in [0.5, 0.6) is 0 Å². The van der Waals surface area contributed by atoms with Crippen LogP contribution in [0.1, 0.15) is 11.1 Å². The molecule has 0 spiro atoms. The molecule has 72 valence electrons. The van der Waals surface area contributed by atoms with Crippen molar-refractivity contribution in [2.45, 2.75) is 0 Å². The van der Waals surface area contributed by atoms with Crippen LogP contribution in [-0.4, -0.2) is 37.7 Å². The molecule has 0 N–H and O–H groups in total. The first kappa shape index (κ1) is 15.4. The van der Waals surface area contributed by atoms with Crippen molar-refractivity contribution in [3.05, 3.63) is 71.8 Å². The maximum atomic E-state index is 2.12. The zero-order valence-electron chi connectivity index (χ0n) is 7.93. The van der Waals surface area contributed by atoms with Gasteiger partial charge in [0.2, 0.25) is 0 Å². The maximum absolute atomic E-state index is 2.12. The monoisotopic (exact) mass is 196 g/mol. The van der Waals surface area contributed by atoms with Crippen molar-refractivity contribution in [1.82, 2.24) is 0 Å². The Morgan fingerprint density at radius 2 is 0.812 bits per heavy atom. The molecular weight excluding hydrogens is 182 g/mol. The van der Waals surface area contributed by atoms with E-state index in [9.17, 15) is 0 Å². The number of benzene rings is 2. The number of hydrogen-bond acceptors (Lipinski definition) is 0. The van der Waals surface area contributed by atoms with Gasteiger partial charge in [-0.05, 0) is 11.1 Å². The molecule has 0 heterocycles. The molecule has 0 aliphatic carbocycles. The molecule has 0 aliphatic rings. The van der Waals surface area contributed by atoms with Crippen LogP contribution in [0.15, 0.2) is 60.7 Å². The summed E-state index contributed by atoms with van der Waals surface area (Å²) < 4.78 is 0. The van der Waals surface area contributed by atoms with Crippen LogP contribution in [0.25, 0.3) is 12.2 Å². The summed E-state index contributed by atoms with van der Waals surface area (Å²) in [4.78, 5) is 0. The Morgan fingerprint density at radius 1 is 0.500 bits per heavy atom. The molecule has 0 nitrogen and oxygen atoms in total. The summed E-state index contributed by atoms with van der Waals surface area (Å²) in [6.07, 6.45) is 4.24. The van der Waals surface area contributed by atoms with Gasteiger partial charge < -0.3 is 0 Å². The van der Waals surface area contributed by atoms with E-state index in [1.807, 2.05) is 36.4 Å². The van der Waals surface area contributed by atoms with E-state index in [-0.39, 0.29) is 37.7 Å². The van der Waals surface area contributed by atoms with Gasteiger partial charge in [-0.3, -0.25) is 0 Å². The van der Waals surface area contributed by atoms with Crippen LogP contribution < -0.4 is 0 Å². The van der Waals surface area contributed by atoms with Crippen molar-refractivity contribution in [1.29, 1.82) is 0 Å². The molecule has 0 fully saturated rings. The van der Waals surface area contributed by atoms with E-state index in [0.717, 1.165) is 0 Å². The molecule has 0 saturated carbocycles. The second kappa shape index (κ2) is 8.52. The Hall–Kier alpha value is -0.625. The first-order valence-electron chi connectivity index (χ1n) is 4.73. The van der Waals surface area contributed by atoms with Gasteiger partial charge in [-0.1, -0.05) is 72.8 Å². The van der Waals surface area contributed by atoms with Crippen LogP contribution in [0.4, 0.5) is 0 Å². The molecule has 0 radical (unpaired) electrons. The zero-order valence-corrected chi connectivity index (χ0v) is 7.93. The second-order valence-electron chi connectivity index (χ2n) is 3.15. The van der Waals surface area contributed by atoms with Crippen molar-refractivity contribution in [3.8, 4) is 0 Å². The van der Waals surface area contributed by atoms with Crippen molar-refractivity contribution < 1.29 is 0 Å². The first-order valence-corrected chi connectivity index (χ1v) is 4.73. The average Bonchev–Trinajstić information content (AvgIpc) is 2.29. The Balaban J connectivity index is 0.00000112. The Labute approximate surface area is 121 Å². The molecule has 0 unspecified atom stereocenters. The molecule has 0 bridgehead atoms. The molecule has 2 aromatic rings. The van der Waals surface area contributed by atoms with E-state index in [2.05, 4.69) is 36.4 Å². The molecule has 0 aliphatic heterocycles. The van der Waals surface area contributed by atoms with Crippen molar-refractivity contribution in [2.24, 2.45) is 0 Å². The zero-order chi connectivity index (χ0) is 9.64. The van der Waals surface area contributed by atoms with Crippen LogP contribution in [-0.2, 0) is 0 Å². The van der Waals surface area contributed by atoms with Gasteiger partial charge in [0.1, 0.15) is 0 Å².